The zero-order valence-corrected chi connectivity index (χ0v) is 14.7. The van der Waals surface area contributed by atoms with Gasteiger partial charge in [0.15, 0.2) is 0 Å². The van der Waals surface area contributed by atoms with E-state index in [-0.39, 0.29) is 11.9 Å². The van der Waals surface area contributed by atoms with E-state index >= 15 is 0 Å². The molecule has 0 unspecified atom stereocenters. The van der Waals surface area contributed by atoms with E-state index in [0.717, 1.165) is 41.3 Å². The lowest BCUT2D eigenvalue weighted by molar-refractivity contribution is 0.0925. The van der Waals surface area contributed by atoms with Crippen LogP contribution in [0.5, 0.6) is 0 Å². The van der Waals surface area contributed by atoms with Gasteiger partial charge in [0, 0.05) is 42.0 Å². The molecule has 0 spiro atoms. The Kier molecular flexibility index (Phi) is 4.81. The molecule has 4 rings (SSSR count). The average molecular weight is 355 g/mol. The molecule has 0 bridgehead atoms. The number of hydrogen-bond donors (Lipinski definition) is 2. The maximum atomic E-state index is 12.6. The third-order valence-corrected chi connectivity index (χ3v) is 5.53. The summed E-state index contributed by atoms with van der Waals surface area (Å²) in [6, 6.07) is 13.8. The van der Waals surface area contributed by atoms with Crippen LogP contribution >= 0.6 is 11.8 Å². The molecular weight excluding hydrogens is 334 g/mol. The molecule has 130 valence electrons. The number of H-pyrrole nitrogens is 1. The number of carbonyl (C=O) groups excluding carboxylic acids is 1. The summed E-state index contributed by atoms with van der Waals surface area (Å²) >= 11 is 1.97. The van der Waals surface area contributed by atoms with Crippen LogP contribution in [-0.4, -0.2) is 46.9 Å². The summed E-state index contributed by atoms with van der Waals surface area (Å²) in [6.07, 6.45) is 1.69. The number of fused-ring (bicyclic) bond motifs is 1. The zero-order valence-electron chi connectivity index (χ0n) is 13.9. The maximum Gasteiger partial charge on any atom is 0.267 e. The Bertz CT molecular complexity index is 804. The van der Waals surface area contributed by atoms with Gasteiger partial charge in [0.05, 0.1) is 12.3 Å². The van der Waals surface area contributed by atoms with Crippen molar-refractivity contribution in [2.45, 2.75) is 6.04 Å². The minimum atomic E-state index is -0.0841. The predicted molar refractivity (Wildman–Crippen MR) is 101 cm³/mol. The number of aromatic amines is 1. The van der Waals surface area contributed by atoms with E-state index in [0.29, 0.717) is 12.2 Å². The molecule has 1 fully saturated rings. The summed E-state index contributed by atoms with van der Waals surface area (Å²) in [5, 5.41) is 4.11. The van der Waals surface area contributed by atoms with Gasteiger partial charge < -0.3 is 14.7 Å². The van der Waals surface area contributed by atoms with Gasteiger partial charge in [0.1, 0.15) is 11.5 Å². The van der Waals surface area contributed by atoms with Crippen LogP contribution in [0.15, 0.2) is 53.1 Å². The van der Waals surface area contributed by atoms with Crippen molar-refractivity contribution in [3.63, 3.8) is 0 Å². The smallest absolute Gasteiger partial charge is 0.267 e. The Labute approximate surface area is 150 Å². The van der Waals surface area contributed by atoms with E-state index in [1.165, 1.54) is 0 Å². The Hall–Kier alpha value is -2.18. The number of amides is 1. The van der Waals surface area contributed by atoms with Crippen LogP contribution in [-0.2, 0) is 0 Å². The fourth-order valence-electron chi connectivity index (χ4n) is 3.26. The second-order valence-corrected chi connectivity index (χ2v) is 7.38. The molecule has 5 nitrogen and oxygen atoms in total. The van der Waals surface area contributed by atoms with Gasteiger partial charge in [-0.15, -0.1) is 0 Å². The van der Waals surface area contributed by atoms with E-state index in [4.69, 9.17) is 4.42 Å². The van der Waals surface area contributed by atoms with Crippen LogP contribution in [0.3, 0.4) is 0 Å². The molecule has 3 heterocycles. The number of benzene rings is 1. The molecule has 3 aromatic rings. The van der Waals surface area contributed by atoms with Gasteiger partial charge in [-0.25, -0.2) is 0 Å². The van der Waals surface area contributed by atoms with Crippen LogP contribution < -0.4 is 5.32 Å². The second kappa shape index (κ2) is 7.37. The molecule has 1 atom stereocenters. The number of nitrogens with one attached hydrogen (secondary N) is 2. The van der Waals surface area contributed by atoms with E-state index < -0.39 is 0 Å². The van der Waals surface area contributed by atoms with Crippen molar-refractivity contribution in [1.29, 1.82) is 0 Å². The van der Waals surface area contributed by atoms with Crippen molar-refractivity contribution >= 4 is 28.6 Å². The molecule has 0 radical (unpaired) electrons. The van der Waals surface area contributed by atoms with Gasteiger partial charge in [-0.05, 0) is 24.3 Å². The van der Waals surface area contributed by atoms with Crippen LogP contribution in [0, 0.1) is 0 Å². The Balaban J connectivity index is 1.47. The van der Waals surface area contributed by atoms with Crippen LogP contribution in [0.2, 0.25) is 0 Å². The van der Waals surface area contributed by atoms with Crippen LogP contribution in [0.4, 0.5) is 0 Å². The first-order valence-electron chi connectivity index (χ1n) is 8.52. The highest BCUT2D eigenvalue weighted by Crippen LogP contribution is 2.24. The van der Waals surface area contributed by atoms with E-state index in [1.807, 2.05) is 54.2 Å². The lowest BCUT2D eigenvalue weighted by atomic mass is 10.1. The highest BCUT2D eigenvalue weighted by atomic mass is 32.2. The summed E-state index contributed by atoms with van der Waals surface area (Å²) in [4.78, 5) is 18.1. The summed E-state index contributed by atoms with van der Waals surface area (Å²) in [5.41, 5.74) is 1.57. The van der Waals surface area contributed by atoms with Crippen molar-refractivity contribution in [3.05, 3.63) is 60.2 Å². The molecule has 6 heteroatoms. The average Bonchev–Trinajstić information content (AvgIpc) is 3.32. The highest BCUT2D eigenvalue weighted by Gasteiger charge is 2.25. The number of furan rings is 1. The van der Waals surface area contributed by atoms with Gasteiger partial charge >= 0.3 is 0 Å². The quantitative estimate of drug-likeness (QED) is 0.737. The number of thioether (sulfide) groups is 1. The topological polar surface area (TPSA) is 61.3 Å². The minimum Gasteiger partial charge on any atom is -0.468 e. The molecule has 2 N–H and O–H groups in total. The molecule has 1 aliphatic rings. The summed E-state index contributed by atoms with van der Waals surface area (Å²) in [7, 11) is 0. The first kappa shape index (κ1) is 16.3. The van der Waals surface area contributed by atoms with Gasteiger partial charge in [-0.2, -0.15) is 11.8 Å². The normalized spacial score (nSPS) is 16.8. The molecule has 1 saturated heterocycles. The third-order valence-electron chi connectivity index (χ3n) is 4.59. The summed E-state index contributed by atoms with van der Waals surface area (Å²) < 4.78 is 5.63. The van der Waals surface area contributed by atoms with Gasteiger partial charge in [-0.3, -0.25) is 9.69 Å². The van der Waals surface area contributed by atoms with Crippen molar-refractivity contribution in [2.24, 2.45) is 0 Å². The third kappa shape index (κ3) is 3.60. The Morgan fingerprint density at radius 3 is 2.84 bits per heavy atom. The molecule has 0 saturated carbocycles. The number of nitrogens with zero attached hydrogens (tertiary/aromatic N) is 1. The van der Waals surface area contributed by atoms with Crippen molar-refractivity contribution < 1.29 is 9.21 Å². The molecule has 1 aliphatic heterocycles. The fourth-order valence-corrected chi connectivity index (χ4v) is 4.19. The van der Waals surface area contributed by atoms with E-state index in [9.17, 15) is 4.79 Å². The second-order valence-electron chi connectivity index (χ2n) is 6.16. The van der Waals surface area contributed by atoms with E-state index in [1.54, 1.807) is 6.26 Å². The lowest BCUT2D eigenvalue weighted by Gasteiger charge is -2.33. The van der Waals surface area contributed by atoms with Crippen molar-refractivity contribution in [3.8, 4) is 0 Å². The number of rotatable bonds is 5. The molecule has 1 aromatic carbocycles. The summed E-state index contributed by atoms with van der Waals surface area (Å²) in [6.45, 7) is 2.56. The van der Waals surface area contributed by atoms with Crippen molar-refractivity contribution in [1.82, 2.24) is 15.2 Å². The number of carbonyl (C=O) groups is 1. The van der Waals surface area contributed by atoms with Gasteiger partial charge in [0.25, 0.3) is 5.91 Å². The Morgan fingerprint density at radius 1 is 1.24 bits per heavy atom. The molecule has 0 aliphatic carbocycles. The monoisotopic (exact) mass is 355 g/mol. The van der Waals surface area contributed by atoms with E-state index in [2.05, 4.69) is 15.2 Å². The molecule has 2 aromatic heterocycles. The number of aromatic nitrogens is 1. The summed E-state index contributed by atoms with van der Waals surface area (Å²) in [5.74, 6) is 3.06. The lowest BCUT2D eigenvalue weighted by Crippen LogP contribution is -2.42. The minimum absolute atomic E-state index is 0.0734. The van der Waals surface area contributed by atoms with Crippen molar-refractivity contribution in [2.75, 3.05) is 31.1 Å². The molecular formula is C19H21N3O2S. The molecule has 25 heavy (non-hydrogen) atoms. The largest absolute Gasteiger partial charge is 0.468 e. The number of hydrogen-bond acceptors (Lipinski definition) is 4. The number of para-hydroxylation sites is 1. The van der Waals surface area contributed by atoms with Gasteiger partial charge in [0.2, 0.25) is 0 Å². The first-order chi connectivity index (χ1) is 12.3. The van der Waals surface area contributed by atoms with Gasteiger partial charge in [-0.1, -0.05) is 18.2 Å². The standard InChI is InChI=1S/C19H21N3O2S/c23-19(16-12-14-4-1-2-5-15(14)21-16)20-13-17(18-6-3-9-24-18)22-7-10-25-11-8-22/h1-6,9,12,17,21H,7-8,10-11,13H2,(H,20,23)/t17-/m0/s1. The zero-order chi connectivity index (χ0) is 17.1. The first-order valence-corrected chi connectivity index (χ1v) is 9.68. The van der Waals surface area contributed by atoms with Crippen LogP contribution in [0.25, 0.3) is 10.9 Å². The fraction of sp³-hybridized carbons (Fsp3) is 0.316. The SMILES string of the molecule is O=C(NC[C@@H](c1ccco1)N1CCSCC1)c1cc2ccccc2[nH]1. The maximum absolute atomic E-state index is 12.6. The molecule has 1 amide bonds. The highest BCUT2D eigenvalue weighted by molar-refractivity contribution is 7.99. The van der Waals surface area contributed by atoms with Crippen LogP contribution in [0.1, 0.15) is 22.3 Å². The Morgan fingerprint density at radius 2 is 2.08 bits per heavy atom. The predicted octanol–water partition coefficient (Wildman–Crippen LogP) is 3.28.